The predicted octanol–water partition coefficient (Wildman–Crippen LogP) is 2.52. The van der Waals surface area contributed by atoms with Crippen LogP contribution in [0, 0.1) is 6.92 Å². The van der Waals surface area contributed by atoms with E-state index in [1.165, 1.54) is 37.9 Å². The van der Waals surface area contributed by atoms with Crippen LogP contribution in [0.4, 0.5) is 0 Å². The van der Waals surface area contributed by atoms with Gasteiger partial charge in [0.1, 0.15) is 0 Å². The Balaban J connectivity index is 1.39. The number of benzene rings is 1. The third kappa shape index (κ3) is 4.62. The first-order chi connectivity index (χ1) is 11.2. The maximum Gasteiger partial charge on any atom is 0.223 e. The molecule has 0 aliphatic carbocycles. The standard InChI is InChI=1S/C18H26N4O/c1-15-19-18(20-23-15)14-21(2)17-10-12-22(13-17)11-6-9-16-7-4-3-5-8-16/h3-5,7-8,17H,6,9-14H2,1-2H3/t17-/m0/s1. The van der Waals surface area contributed by atoms with Gasteiger partial charge in [-0.05, 0) is 45.0 Å². The number of hydrogen-bond donors (Lipinski definition) is 0. The number of aryl methyl sites for hydroxylation is 2. The largest absolute Gasteiger partial charge is 0.340 e. The minimum absolute atomic E-state index is 0.588. The second-order valence-corrected chi connectivity index (χ2v) is 6.48. The molecule has 0 radical (unpaired) electrons. The normalized spacial score (nSPS) is 18.8. The molecule has 2 aromatic rings. The molecular weight excluding hydrogens is 288 g/mol. The van der Waals surface area contributed by atoms with E-state index >= 15 is 0 Å². The molecule has 0 bridgehead atoms. The zero-order chi connectivity index (χ0) is 16.1. The molecule has 1 aliphatic rings. The van der Waals surface area contributed by atoms with E-state index in [1.54, 1.807) is 0 Å². The van der Waals surface area contributed by atoms with Crippen molar-refractivity contribution in [2.75, 3.05) is 26.7 Å². The minimum atomic E-state index is 0.588. The Kier molecular flexibility index (Phi) is 5.41. The van der Waals surface area contributed by atoms with Crippen LogP contribution >= 0.6 is 0 Å². The van der Waals surface area contributed by atoms with Gasteiger partial charge in [-0.25, -0.2) is 0 Å². The molecule has 0 spiro atoms. The van der Waals surface area contributed by atoms with Gasteiger partial charge >= 0.3 is 0 Å². The van der Waals surface area contributed by atoms with Gasteiger partial charge in [0, 0.05) is 19.5 Å². The van der Waals surface area contributed by atoms with E-state index in [0.29, 0.717) is 11.9 Å². The van der Waals surface area contributed by atoms with Crippen LogP contribution in [-0.4, -0.2) is 52.7 Å². The third-order valence-electron chi connectivity index (χ3n) is 4.61. The lowest BCUT2D eigenvalue weighted by Crippen LogP contribution is -2.34. The van der Waals surface area contributed by atoms with Crippen LogP contribution in [0.2, 0.25) is 0 Å². The van der Waals surface area contributed by atoms with Gasteiger partial charge in [-0.15, -0.1) is 0 Å². The van der Waals surface area contributed by atoms with E-state index in [4.69, 9.17) is 4.52 Å². The van der Waals surface area contributed by atoms with Crippen LogP contribution in [-0.2, 0) is 13.0 Å². The van der Waals surface area contributed by atoms with E-state index in [0.717, 1.165) is 18.9 Å². The zero-order valence-electron chi connectivity index (χ0n) is 14.1. The van der Waals surface area contributed by atoms with Crippen molar-refractivity contribution in [3.8, 4) is 0 Å². The second kappa shape index (κ2) is 7.70. The van der Waals surface area contributed by atoms with Gasteiger partial charge in [0.05, 0.1) is 6.54 Å². The molecule has 1 fully saturated rings. The maximum absolute atomic E-state index is 5.05. The summed E-state index contributed by atoms with van der Waals surface area (Å²) in [4.78, 5) is 9.21. The van der Waals surface area contributed by atoms with Gasteiger partial charge in [0.25, 0.3) is 0 Å². The SMILES string of the molecule is Cc1nc(CN(C)[C@H]2CCN(CCCc3ccccc3)C2)no1. The summed E-state index contributed by atoms with van der Waals surface area (Å²) in [5.41, 5.74) is 1.44. The number of aromatic nitrogens is 2. The summed E-state index contributed by atoms with van der Waals surface area (Å²) in [7, 11) is 2.16. The molecule has 0 unspecified atom stereocenters. The van der Waals surface area contributed by atoms with E-state index in [1.807, 2.05) is 6.92 Å². The first-order valence-corrected chi connectivity index (χ1v) is 8.46. The summed E-state index contributed by atoms with van der Waals surface area (Å²) < 4.78 is 5.05. The molecule has 23 heavy (non-hydrogen) atoms. The summed E-state index contributed by atoms with van der Waals surface area (Å²) in [5, 5.41) is 3.99. The predicted molar refractivity (Wildman–Crippen MR) is 90.1 cm³/mol. The summed E-state index contributed by atoms with van der Waals surface area (Å²) in [6.07, 6.45) is 3.61. The fourth-order valence-corrected chi connectivity index (χ4v) is 3.28. The quantitative estimate of drug-likeness (QED) is 0.786. The zero-order valence-corrected chi connectivity index (χ0v) is 14.1. The number of hydrogen-bond acceptors (Lipinski definition) is 5. The van der Waals surface area contributed by atoms with Crippen molar-refractivity contribution in [2.45, 2.75) is 38.8 Å². The van der Waals surface area contributed by atoms with Crippen LogP contribution in [0.25, 0.3) is 0 Å². The summed E-state index contributed by atoms with van der Waals surface area (Å²) in [6, 6.07) is 11.3. The molecule has 3 rings (SSSR count). The van der Waals surface area contributed by atoms with Gasteiger partial charge in [-0.3, -0.25) is 4.90 Å². The average Bonchev–Trinajstić information content (AvgIpc) is 3.18. The Morgan fingerprint density at radius 1 is 1.30 bits per heavy atom. The molecule has 2 heterocycles. The lowest BCUT2D eigenvalue weighted by atomic mass is 10.1. The van der Waals surface area contributed by atoms with E-state index in [-0.39, 0.29) is 0 Å². The number of likely N-dealkylation sites (N-methyl/N-ethyl adjacent to an activating group) is 1. The molecule has 1 saturated heterocycles. The third-order valence-corrected chi connectivity index (χ3v) is 4.61. The fourth-order valence-electron chi connectivity index (χ4n) is 3.28. The first-order valence-electron chi connectivity index (χ1n) is 8.46. The molecule has 0 saturated carbocycles. The van der Waals surface area contributed by atoms with Crippen molar-refractivity contribution >= 4 is 0 Å². The lowest BCUT2D eigenvalue weighted by molar-refractivity contribution is 0.217. The Hall–Kier alpha value is -1.72. The highest BCUT2D eigenvalue weighted by Crippen LogP contribution is 2.16. The Labute approximate surface area is 138 Å². The molecule has 0 amide bonds. The molecule has 1 aromatic carbocycles. The summed E-state index contributed by atoms with van der Waals surface area (Å²) in [5.74, 6) is 1.43. The molecule has 5 heteroatoms. The maximum atomic E-state index is 5.05. The fraction of sp³-hybridized carbons (Fsp3) is 0.556. The van der Waals surface area contributed by atoms with Crippen molar-refractivity contribution in [1.29, 1.82) is 0 Å². The topological polar surface area (TPSA) is 45.4 Å². The van der Waals surface area contributed by atoms with Crippen LogP contribution in [0.1, 0.15) is 30.1 Å². The second-order valence-electron chi connectivity index (χ2n) is 6.48. The summed E-state index contributed by atoms with van der Waals surface area (Å²) >= 11 is 0. The highest BCUT2D eigenvalue weighted by molar-refractivity contribution is 5.14. The molecule has 1 atom stereocenters. The smallest absolute Gasteiger partial charge is 0.223 e. The van der Waals surface area contributed by atoms with Crippen molar-refractivity contribution in [2.24, 2.45) is 0 Å². The van der Waals surface area contributed by atoms with Crippen molar-refractivity contribution in [1.82, 2.24) is 19.9 Å². The van der Waals surface area contributed by atoms with E-state index in [9.17, 15) is 0 Å². The van der Waals surface area contributed by atoms with Gasteiger partial charge in [-0.2, -0.15) is 4.98 Å². The minimum Gasteiger partial charge on any atom is -0.340 e. The number of rotatable bonds is 7. The molecule has 5 nitrogen and oxygen atoms in total. The molecule has 0 N–H and O–H groups in total. The van der Waals surface area contributed by atoms with Gasteiger partial charge in [-0.1, -0.05) is 35.5 Å². The van der Waals surface area contributed by atoms with E-state index in [2.05, 4.69) is 57.3 Å². The highest BCUT2D eigenvalue weighted by Gasteiger charge is 2.26. The van der Waals surface area contributed by atoms with Crippen LogP contribution in [0.3, 0.4) is 0 Å². The number of nitrogens with zero attached hydrogens (tertiary/aromatic N) is 4. The van der Waals surface area contributed by atoms with Gasteiger partial charge in [0.15, 0.2) is 5.82 Å². The molecule has 1 aliphatic heterocycles. The monoisotopic (exact) mass is 314 g/mol. The van der Waals surface area contributed by atoms with E-state index < -0.39 is 0 Å². The number of likely N-dealkylation sites (tertiary alicyclic amines) is 1. The molecule has 1 aromatic heterocycles. The van der Waals surface area contributed by atoms with Crippen molar-refractivity contribution in [3.63, 3.8) is 0 Å². The lowest BCUT2D eigenvalue weighted by Gasteiger charge is -2.23. The average molecular weight is 314 g/mol. The van der Waals surface area contributed by atoms with Crippen molar-refractivity contribution < 1.29 is 4.52 Å². The van der Waals surface area contributed by atoms with Gasteiger partial charge < -0.3 is 9.42 Å². The Bertz CT molecular complexity index is 598. The Morgan fingerprint density at radius 3 is 2.87 bits per heavy atom. The molecule has 124 valence electrons. The van der Waals surface area contributed by atoms with Crippen LogP contribution in [0.5, 0.6) is 0 Å². The highest BCUT2D eigenvalue weighted by atomic mass is 16.5. The molecular formula is C18H26N4O. The van der Waals surface area contributed by atoms with Crippen molar-refractivity contribution in [3.05, 3.63) is 47.6 Å². The van der Waals surface area contributed by atoms with Crippen LogP contribution in [0.15, 0.2) is 34.9 Å². The first kappa shape index (κ1) is 16.1. The van der Waals surface area contributed by atoms with Crippen LogP contribution < -0.4 is 0 Å². The van der Waals surface area contributed by atoms with Gasteiger partial charge in [0.2, 0.25) is 5.89 Å². The summed E-state index contributed by atoms with van der Waals surface area (Å²) in [6.45, 7) is 6.11. The Morgan fingerprint density at radius 2 is 2.13 bits per heavy atom.